The lowest BCUT2D eigenvalue weighted by Crippen LogP contribution is -2.38. The van der Waals surface area contributed by atoms with Crippen LogP contribution in [0.25, 0.3) is 0 Å². The molecular weight excluding hydrogens is 264 g/mol. The van der Waals surface area contributed by atoms with E-state index in [2.05, 4.69) is 5.32 Å². The molecule has 0 aromatic heterocycles. The number of amides is 1. The van der Waals surface area contributed by atoms with Crippen LogP contribution in [0.15, 0.2) is 18.2 Å². The molecule has 0 aliphatic heterocycles. The van der Waals surface area contributed by atoms with Gasteiger partial charge in [-0.1, -0.05) is 25.4 Å². The topological polar surface area (TPSA) is 62.1 Å². The molecule has 19 heavy (non-hydrogen) atoms. The standard InChI is InChI=1S/C14H17ClN2O2/c1-9(2)8-17-14(18)10(3)19-13-6-12(15)5-4-11(13)7-16/h4-6,9-10H,8H2,1-3H3,(H,17,18). The number of benzene rings is 1. The number of rotatable bonds is 5. The van der Waals surface area contributed by atoms with Crippen molar-refractivity contribution >= 4 is 17.5 Å². The number of nitrogens with zero attached hydrogens (tertiary/aromatic N) is 1. The van der Waals surface area contributed by atoms with Crippen LogP contribution in [-0.2, 0) is 4.79 Å². The van der Waals surface area contributed by atoms with Gasteiger partial charge in [0, 0.05) is 17.6 Å². The molecule has 1 rings (SSSR count). The van der Waals surface area contributed by atoms with E-state index >= 15 is 0 Å². The van der Waals surface area contributed by atoms with Crippen LogP contribution in [0.1, 0.15) is 26.3 Å². The van der Waals surface area contributed by atoms with Crippen LogP contribution >= 0.6 is 11.6 Å². The minimum Gasteiger partial charge on any atom is -0.479 e. The fourth-order valence-electron chi connectivity index (χ4n) is 1.38. The molecule has 1 amide bonds. The summed E-state index contributed by atoms with van der Waals surface area (Å²) < 4.78 is 5.49. The molecule has 0 spiro atoms. The highest BCUT2D eigenvalue weighted by atomic mass is 35.5. The molecule has 1 atom stereocenters. The van der Waals surface area contributed by atoms with Crippen LogP contribution in [0, 0.1) is 17.2 Å². The van der Waals surface area contributed by atoms with Gasteiger partial charge in [0.2, 0.25) is 0 Å². The van der Waals surface area contributed by atoms with Crippen LogP contribution in [0.3, 0.4) is 0 Å². The van der Waals surface area contributed by atoms with E-state index in [0.717, 1.165) is 0 Å². The van der Waals surface area contributed by atoms with Gasteiger partial charge in [0.25, 0.3) is 5.91 Å². The van der Waals surface area contributed by atoms with E-state index in [-0.39, 0.29) is 5.91 Å². The summed E-state index contributed by atoms with van der Waals surface area (Å²) in [4.78, 5) is 11.8. The van der Waals surface area contributed by atoms with E-state index in [0.29, 0.717) is 28.8 Å². The lowest BCUT2D eigenvalue weighted by Gasteiger charge is -2.16. The van der Waals surface area contributed by atoms with Gasteiger partial charge in [-0.2, -0.15) is 5.26 Å². The van der Waals surface area contributed by atoms with Crippen LogP contribution in [-0.4, -0.2) is 18.6 Å². The molecule has 0 aliphatic carbocycles. The summed E-state index contributed by atoms with van der Waals surface area (Å²) in [6.45, 7) is 6.25. The van der Waals surface area contributed by atoms with Crippen LogP contribution in [0.4, 0.5) is 0 Å². The quantitative estimate of drug-likeness (QED) is 0.902. The van der Waals surface area contributed by atoms with E-state index in [1.54, 1.807) is 19.1 Å². The van der Waals surface area contributed by atoms with Crippen molar-refractivity contribution in [1.82, 2.24) is 5.32 Å². The molecule has 0 fully saturated rings. The maximum atomic E-state index is 11.8. The smallest absolute Gasteiger partial charge is 0.260 e. The Morgan fingerprint density at radius 3 is 2.74 bits per heavy atom. The summed E-state index contributed by atoms with van der Waals surface area (Å²) >= 11 is 5.85. The summed E-state index contributed by atoms with van der Waals surface area (Å²) in [6, 6.07) is 6.71. The fraction of sp³-hybridized carbons (Fsp3) is 0.429. The third kappa shape index (κ3) is 4.80. The van der Waals surface area contributed by atoms with Crippen molar-refractivity contribution in [3.8, 4) is 11.8 Å². The molecule has 0 heterocycles. The number of nitriles is 1. The molecule has 1 aromatic rings. The molecule has 0 saturated carbocycles. The minimum atomic E-state index is -0.677. The van der Waals surface area contributed by atoms with Gasteiger partial charge in [0.15, 0.2) is 6.10 Å². The zero-order valence-electron chi connectivity index (χ0n) is 11.2. The average molecular weight is 281 g/mol. The Hall–Kier alpha value is -1.73. The summed E-state index contributed by atoms with van der Waals surface area (Å²) in [6.07, 6.45) is -0.677. The van der Waals surface area contributed by atoms with Gasteiger partial charge < -0.3 is 10.1 Å². The number of hydrogen-bond donors (Lipinski definition) is 1. The zero-order chi connectivity index (χ0) is 14.4. The van der Waals surface area contributed by atoms with Crippen molar-refractivity contribution in [1.29, 1.82) is 5.26 Å². The average Bonchev–Trinajstić information content (AvgIpc) is 2.36. The van der Waals surface area contributed by atoms with Crippen molar-refractivity contribution in [2.45, 2.75) is 26.9 Å². The zero-order valence-corrected chi connectivity index (χ0v) is 12.0. The highest BCUT2D eigenvalue weighted by molar-refractivity contribution is 6.30. The van der Waals surface area contributed by atoms with Crippen LogP contribution in [0.2, 0.25) is 5.02 Å². The SMILES string of the molecule is CC(C)CNC(=O)C(C)Oc1cc(Cl)ccc1C#N. The first-order valence-electron chi connectivity index (χ1n) is 6.08. The van der Waals surface area contributed by atoms with Crippen molar-refractivity contribution in [3.63, 3.8) is 0 Å². The molecule has 0 aliphatic rings. The second-order valence-electron chi connectivity index (χ2n) is 4.65. The highest BCUT2D eigenvalue weighted by Crippen LogP contribution is 2.23. The van der Waals surface area contributed by atoms with Gasteiger partial charge in [0.05, 0.1) is 5.56 Å². The second-order valence-corrected chi connectivity index (χ2v) is 5.09. The Morgan fingerprint density at radius 2 is 2.16 bits per heavy atom. The molecule has 0 radical (unpaired) electrons. The third-order valence-electron chi connectivity index (χ3n) is 2.42. The van der Waals surface area contributed by atoms with Gasteiger partial charge in [-0.3, -0.25) is 4.79 Å². The van der Waals surface area contributed by atoms with Crippen molar-refractivity contribution in [2.75, 3.05) is 6.54 Å². The Labute approximate surface area is 118 Å². The first kappa shape index (κ1) is 15.3. The van der Waals surface area contributed by atoms with E-state index in [4.69, 9.17) is 21.6 Å². The lowest BCUT2D eigenvalue weighted by molar-refractivity contribution is -0.127. The number of ether oxygens (including phenoxy) is 1. The Bertz CT molecular complexity index is 495. The van der Waals surface area contributed by atoms with Crippen LogP contribution < -0.4 is 10.1 Å². The van der Waals surface area contributed by atoms with Crippen molar-refractivity contribution in [3.05, 3.63) is 28.8 Å². The molecular formula is C14H17ClN2O2. The molecule has 1 unspecified atom stereocenters. The van der Waals surface area contributed by atoms with Crippen molar-refractivity contribution in [2.24, 2.45) is 5.92 Å². The minimum absolute atomic E-state index is 0.211. The number of carbonyl (C=O) groups is 1. The Kier molecular flexibility index (Phi) is 5.65. The molecule has 0 bridgehead atoms. The normalized spacial score (nSPS) is 11.8. The number of halogens is 1. The summed E-state index contributed by atoms with van der Waals surface area (Å²) in [5.74, 6) is 0.483. The van der Waals surface area contributed by atoms with E-state index in [1.807, 2.05) is 19.9 Å². The predicted molar refractivity (Wildman–Crippen MR) is 74.1 cm³/mol. The van der Waals surface area contributed by atoms with Gasteiger partial charge in [0.1, 0.15) is 11.8 Å². The summed E-state index contributed by atoms with van der Waals surface area (Å²) in [7, 11) is 0. The number of carbonyl (C=O) groups excluding carboxylic acids is 1. The fourth-order valence-corrected chi connectivity index (χ4v) is 1.54. The highest BCUT2D eigenvalue weighted by Gasteiger charge is 2.16. The molecule has 0 saturated heterocycles. The molecule has 5 heteroatoms. The monoisotopic (exact) mass is 280 g/mol. The van der Waals surface area contributed by atoms with E-state index < -0.39 is 6.10 Å². The van der Waals surface area contributed by atoms with Gasteiger partial charge in [-0.05, 0) is 25.0 Å². The Morgan fingerprint density at radius 1 is 1.47 bits per heavy atom. The maximum absolute atomic E-state index is 11.8. The van der Waals surface area contributed by atoms with Gasteiger partial charge >= 0.3 is 0 Å². The van der Waals surface area contributed by atoms with Crippen LogP contribution in [0.5, 0.6) is 5.75 Å². The number of hydrogen-bond acceptors (Lipinski definition) is 3. The first-order chi connectivity index (χ1) is 8.93. The maximum Gasteiger partial charge on any atom is 0.260 e. The largest absolute Gasteiger partial charge is 0.479 e. The van der Waals surface area contributed by atoms with E-state index in [9.17, 15) is 4.79 Å². The lowest BCUT2D eigenvalue weighted by atomic mass is 10.2. The summed E-state index contributed by atoms with van der Waals surface area (Å²) in [5, 5.41) is 12.2. The van der Waals surface area contributed by atoms with Gasteiger partial charge in [-0.25, -0.2) is 0 Å². The second kappa shape index (κ2) is 7.01. The Balaban J connectivity index is 2.71. The molecule has 102 valence electrons. The number of nitrogens with one attached hydrogen (secondary N) is 1. The van der Waals surface area contributed by atoms with Gasteiger partial charge in [-0.15, -0.1) is 0 Å². The predicted octanol–water partition coefficient (Wildman–Crippen LogP) is 2.75. The molecule has 1 N–H and O–H groups in total. The van der Waals surface area contributed by atoms with Crippen molar-refractivity contribution < 1.29 is 9.53 Å². The summed E-state index contributed by atoms with van der Waals surface area (Å²) in [5.41, 5.74) is 0.355. The molecule has 1 aromatic carbocycles. The first-order valence-corrected chi connectivity index (χ1v) is 6.46. The molecule has 4 nitrogen and oxygen atoms in total. The third-order valence-corrected chi connectivity index (χ3v) is 2.66. The van der Waals surface area contributed by atoms with E-state index in [1.165, 1.54) is 6.07 Å².